The van der Waals surface area contributed by atoms with Crippen LogP contribution in [0.3, 0.4) is 0 Å². The summed E-state index contributed by atoms with van der Waals surface area (Å²) in [5.41, 5.74) is 0.670. The Kier molecular flexibility index (Phi) is 3.90. The van der Waals surface area contributed by atoms with Crippen LogP contribution in [0.4, 0.5) is 0 Å². The van der Waals surface area contributed by atoms with Crippen molar-refractivity contribution in [2.45, 2.75) is 39.2 Å². The van der Waals surface area contributed by atoms with Crippen LogP contribution in [0, 0.1) is 5.92 Å². The van der Waals surface area contributed by atoms with Gasteiger partial charge in [-0.3, -0.25) is 4.79 Å². The van der Waals surface area contributed by atoms with Crippen molar-refractivity contribution in [3.8, 4) is 5.75 Å². The fourth-order valence-electron chi connectivity index (χ4n) is 2.00. The van der Waals surface area contributed by atoms with E-state index in [4.69, 9.17) is 0 Å². The van der Waals surface area contributed by atoms with Crippen LogP contribution in [0.1, 0.15) is 43.5 Å². The van der Waals surface area contributed by atoms with Crippen molar-refractivity contribution < 1.29 is 9.90 Å². The fourth-order valence-corrected chi connectivity index (χ4v) is 2.00. The van der Waals surface area contributed by atoms with Gasteiger partial charge in [0, 0.05) is 18.2 Å². The molecule has 0 atom stereocenters. The van der Waals surface area contributed by atoms with Crippen molar-refractivity contribution in [1.29, 1.82) is 0 Å². The van der Waals surface area contributed by atoms with Crippen molar-refractivity contribution in [2.75, 3.05) is 6.54 Å². The van der Waals surface area contributed by atoms with Crippen LogP contribution in [0.2, 0.25) is 0 Å². The van der Waals surface area contributed by atoms with E-state index in [-0.39, 0.29) is 11.7 Å². The van der Waals surface area contributed by atoms with E-state index in [0.717, 1.165) is 25.8 Å². The van der Waals surface area contributed by atoms with E-state index in [0.29, 0.717) is 17.5 Å². The molecule has 0 radical (unpaired) electrons. The number of rotatable bonds is 5. The maximum atomic E-state index is 12.4. The molecular formula is C15H21NO2. The highest BCUT2D eigenvalue weighted by atomic mass is 16.3. The number of nitrogens with zero attached hydrogens (tertiary/aromatic N) is 1. The van der Waals surface area contributed by atoms with Gasteiger partial charge in [0.1, 0.15) is 5.75 Å². The van der Waals surface area contributed by atoms with Crippen molar-refractivity contribution >= 4 is 5.91 Å². The second kappa shape index (κ2) is 5.42. The zero-order valence-corrected chi connectivity index (χ0v) is 11.1. The van der Waals surface area contributed by atoms with E-state index in [1.807, 2.05) is 4.90 Å². The molecule has 0 heterocycles. The zero-order chi connectivity index (χ0) is 13.1. The molecule has 1 aromatic carbocycles. The maximum Gasteiger partial charge on any atom is 0.254 e. The van der Waals surface area contributed by atoms with Gasteiger partial charge in [-0.2, -0.15) is 0 Å². The summed E-state index contributed by atoms with van der Waals surface area (Å²) in [5.74, 6) is 0.906. The van der Waals surface area contributed by atoms with Crippen LogP contribution in [0.25, 0.3) is 0 Å². The number of aromatic hydroxyl groups is 1. The standard InChI is InChI=1S/C15H21NO2/c1-11(2)9-10-16(13-5-6-13)15(18)12-3-7-14(17)8-4-12/h3-4,7-8,11,13,17H,5-6,9-10H2,1-2H3. The fraction of sp³-hybridized carbons (Fsp3) is 0.533. The molecule has 0 aliphatic heterocycles. The van der Waals surface area contributed by atoms with Crippen LogP contribution in [0.5, 0.6) is 5.75 Å². The molecule has 1 aromatic rings. The molecule has 1 N–H and O–H groups in total. The molecule has 0 aromatic heterocycles. The lowest BCUT2D eigenvalue weighted by atomic mass is 10.1. The predicted molar refractivity (Wildman–Crippen MR) is 71.6 cm³/mol. The second-order valence-corrected chi connectivity index (χ2v) is 5.46. The molecular weight excluding hydrogens is 226 g/mol. The summed E-state index contributed by atoms with van der Waals surface area (Å²) in [6.07, 6.45) is 3.30. The molecule has 1 saturated carbocycles. The Balaban J connectivity index is 2.05. The normalized spacial score (nSPS) is 14.8. The summed E-state index contributed by atoms with van der Waals surface area (Å²) >= 11 is 0. The van der Waals surface area contributed by atoms with Crippen molar-refractivity contribution in [3.63, 3.8) is 0 Å². The van der Waals surface area contributed by atoms with Crippen LogP contribution < -0.4 is 0 Å². The third-order valence-electron chi connectivity index (χ3n) is 3.31. The molecule has 3 heteroatoms. The van der Waals surface area contributed by atoms with Crippen LogP contribution in [-0.2, 0) is 0 Å². The number of benzene rings is 1. The lowest BCUT2D eigenvalue weighted by molar-refractivity contribution is 0.0735. The Hall–Kier alpha value is -1.51. The van der Waals surface area contributed by atoms with Gasteiger partial charge in [-0.05, 0) is 49.4 Å². The smallest absolute Gasteiger partial charge is 0.254 e. The maximum absolute atomic E-state index is 12.4. The Morgan fingerprint density at radius 3 is 2.44 bits per heavy atom. The minimum absolute atomic E-state index is 0.0955. The molecule has 0 spiro atoms. The minimum Gasteiger partial charge on any atom is -0.508 e. The first kappa shape index (κ1) is 12.9. The Morgan fingerprint density at radius 2 is 1.94 bits per heavy atom. The number of carbonyl (C=O) groups excluding carboxylic acids is 1. The van der Waals surface area contributed by atoms with Gasteiger partial charge >= 0.3 is 0 Å². The highest BCUT2D eigenvalue weighted by Gasteiger charge is 2.32. The second-order valence-electron chi connectivity index (χ2n) is 5.46. The van der Waals surface area contributed by atoms with E-state index in [1.54, 1.807) is 24.3 Å². The molecule has 2 rings (SSSR count). The summed E-state index contributed by atoms with van der Waals surface area (Å²) in [6, 6.07) is 6.97. The van der Waals surface area contributed by atoms with Gasteiger partial charge in [0.2, 0.25) is 0 Å². The monoisotopic (exact) mass is 247 g/mol. The number of amides is 1. The van der Waals surface area contributed by atoms with Crippen LogP contribution in [-0.4, -0.2) is 28.5 Å². The summed E-state index contributed by atoms with van der Waals surface area (Å²) < 4.78 is 0. The molecule has 3 nitrogen and oxygen atoms in total. The quantitative estimate of drug-likeness (QED) is 0.868. The Bertz CT molecular complexity index is 407. The van der Waals surface area contributed by atoms with Gasteiger partial charge in [0.15, 0.2) is 0 Å². The van der Waals surface area contributed by atoms with E-state index >= 15 is 0 Å². The summed E-state index contributed by atoms with van der Waals surface area (Å²) in [4.78, 5) is 14.4. The summed E-state index contributed by atoms with van der Waals surface area (Å²) in [5, 5.41) is 9.25. The lowest BCUT2D eigenvalue weighted by Crippen LogP contribution is -2.34. The Labute approximate surface area is 108 Å². The molecule has 98 valence electrons. The molecule has 0 bridgehead atoms. The molecule has 1 fully saturated rings. The Morgan fingerprint density at radius 1 is 1.33 bits per heavy atom. The predicted octanol–water partition coefficient (Wildman–Crippen LogP) is 3.04. The van der Waals surface area contributed by atoms with Crippen LogP contribution in [0.15, 0.2) is 24.3 Å². The average Bonchev–Trinajstić information content (AvgIpc) is 3.14. The average molecular weight is 247 g/mol. The largest absolute Gasteiger partial charge is 0.508 e. The van der Waals surface area contributed by atoms with Gasteiger partial charge in [-0.1, -0.05) is 13.8 Å². The topological polar surface area (TPSA) is 40.5 Å². The third-order valence-corrected chi connectivity index (χ3v) is 3.31. The molecule has 1 amide bonds. The molecule has 0 saturated heterocycles. The lowest BCUT2D eigenvalue weighted by Gasteiger charge is -2.23. The SMILES string of the molecule is CC(C)CCN(C(=O)c1ccc(O)cc1)C1CC1. The van der Waals surface area contributed by atoms with Crippen molar-refractivity contribution in [2.24, 2.45) is 5.92 Å². The molecule has 1 aliphatic rings. The van der Waals surface area contributed by atoms with Gasteiger partial charge in [0.25, 0.3) is 5.91 Å². The first-order valence-electron chi connectivity index (χ1n) is 6.68. The summed E-state index contributed by atoms with van der Waals surface area (Å²) in [7, 11) is 0. The number of phenols is 1. The van der Waals surface area contributed by atoms with Gasteiger partial charge < -0.3 is 10.0 Å². The number of hydrogen-bond acceptors (Lipinski definition) is 2. The van der Waals surface area contributed by atoms with E-state index < -0.39 is 0 Å². The van der Waals surface area contributed by atoms with Gasteiger partial charge in [-0.25, -0.2) is 0 Å². The van der Waals surface area contributed by atoms with Crippen molar-refractivity contribution in [1.82, 2.24) is 4.90 Å². The van der Waals surface area contributed by atoms with Gasteiger partial charge in [-0.15, -0.1) is 0 Å². The minimum atomic E-state index is 0.0955. The van der Waals surface area contributed by atoms with Gasteiger partial charge in [0.05, 0.1) is 0 Å². The first-order chi connectivity index (χ1) is 8.58. The number of carbonyl (C=O) groups is 1. The highest BCUT2D eigenvalue weighted by molar-refractivity contribution is 5.94. The van der Waals surface area contributed by atoms with E-state index in [2.05, 4.69) is 13.8 Å². The van der Waals surface area contributed by atoms with E-state index in [9.17, 15) is 9.90 Å². The van der Waals surface area contributed by atoms with E-state index in [1.165, 1.54) is 0 Å². The molecule has 18 heavy (non-hydrogen) atoms. The first-order valence-corrected chi connectivity index (χ1v) is 6.68. The van der Waals surface area contributed by atoms with Crippen LogP contribution >= 0.6 is 0 Å². The summed E-state index contributed by atoms with van der Waals surface area (Å²) in [6.45, 7) is 5.19. The highest BCUT2D eigenvalue weighted by Crippen LogP contribution is 2.29. The molecule has 1 aliphatic carbocycles. The van der Waals surface area contributed by atoms with Crippen molar-refractivity contribution in [3.05, 3.63) is 29.8 Å². The third kappa shape index (κ3) is 3.25. The number of phenolic OH excluding ortho intramolecular Hbond substituents is 1. The molecule has 0 unspecified atom stereocenters. The zero-order valence-electron chi connectivity index (χ0n) is 11.1. The number of hydrogen-bond donors (Lipinski definition) is 1.